The Hall–Kier alpha value is -2.92. The maximum Gasteiger partial charge on any atom is 0.253 e. The summed E-state index contributed by atoms with van der Waals surface area (Å²) in [4.78, 5) is 26.0. The molecule has 2 aromatic carbocycles. The van der Waals surface area contributed by atoms with Gasteiger partial charge in [0.1, 0.15) is 0 Å². The Kier molecular flexibility index (Phi) is 10.2. The van der Waals surface area contributed by atoms with Gasteiger partial charge in [-0.15, -0.1) is 0 Å². The molecule has 2 amide bonds. The number of nitrogens with zero attached hydrogens (tertiary/aromatic N) is 1. The molecule has 0 atom stereocenters. The highest BCUT2D eigenvalue weighted by molar-refractivity contribution is 5.95. The highest BCUT2D eigenvalue weighted by atomic mass is 16.2. The topological polar surface area (TPSA) is 61.4 Å². The third-order valence-electron chi connectivity index (χ3n) is 5.50. The smallest absolute Gasteiger partial charge is 0.253 e. The molecule has 3 rings (SSSR count). The van der Waals surface area contributed by atoms with Crippen molar-refractivity contribution in [2.45, 2.75) is 47.5 Å². The number of carbonyl (C=O) groups is 2. The van der Waals surface area contributed by atoms with E-state index in [0.29, 0.717) is 18.7 Å². The fourth-order valence-electron chi connectivity index (χ4n) is 3.98. The minimum atomic E-state index is -0.0810. The second-order valence-electron chi connectivity index (χ2n) is 7.55. The standard InChI is InChI=1S/C25H31N3O2.C2H6/c1-4-28(5-2)25(30)21-11-9-19(10-12-21)24(20-13-15-26-16-14-20)22-7-6-8-23(17-22)27-18(3)29;1-2/h6-12,17,26H,4-5,13-16H2,1-3H3,(H,27,29);1-2H3. The van der Waals surface area contributed by atoms with E-state index in [4.69, 9.17) is 0 Å². The van der Waals surface area contributed by atoms with Crippen LogP contribution >= 0.6 is 0 Å². The normalized spacial score (nSPS) is 13.0. The maximum atomic E-state index is 12.7. The molecule has 1 heterocycles. The first-order chi connectivity index (χ1) is 15.5. The van der Waals surface area contributed by atoms with Crippen LogP contribution in [-0.4, -0.2) is 42.9 Å². The number of amides is 2. The van der Waals surface area contributed by atoms with Gasteiger partial charge in [0.25, 0.3) is 5.91 Å². The summed E-state index contributed by atoms with van der Waals surface area (Å²) < 4.78 is 0. The molecule has 0 spiro atoms. The summed E-state index contributed by atoms with van der Waals surface area (Å²) in [7, 11) is 0. The molecule has 1 aliphatic rings. The number of piperidine rings is 1. The van der Waals surface area contributed by atoms with Gasteiger partial charge >= 0.3 is 0 Å². The van der Waals surface area contributed by atoms with Crippen LogP contribution in [0.15, 0.2) is 54.1 Å². The minimum Gasteiger partial charge on any atom is -0.339 e. The van der Waals surface area contributed by atoms with Crippen LogP contribution < -0.4 is 10.6 Å². The van der Waals surface area contributed by atoms with Crippen LogP contribution in [0.1, 0.15) is 68.9 Å². The molecule has 5 nitrogen and oxygen atoms in total. The average Bonchev–Trinajstić information content (AvgIpc) is 2.82. The molecule has 5 heteroatoms. The first kappa shape index (κ1) is 25.3. The third-order valence-corrected chi connectivity index (χ3v) is 5.50. The van der Waals surface area contributed by atoms with Crippen molar-refractivity contribution in [3.8, 4) is 0 Å². The molecule has 1 fully saturated rings. The molecule has 2 N–H and O–H groups in total. The molecule has 32 heavy (non-hydrogen) atoms. The summed E-state index contributed by atoms with van der Waals surface area (Å²) in [5.74, 6) is -0.0160. The number of hydrogen-bond donors (Lipinski definition) is 2. The molecule has 0 unspecified atom stereocenters. The molecular weight excluding hydrogens is 398 g/mol. The van der Waals surface area contributed by atoms with Gasteiger partial charge in [-0.3, -0.25) is 9.59 Å². The molecule has 1 aliphatic heterocycles. The molecule has 2 aromatic rings. The van der Waals surface area contributed by atoms with Gasteiger partial charge in [0.2, 0.25) is 5.91 Å². The van der Waals surface area contributed by atoms with Crippen molar-refractivity contribution in [3.05, 3.63) is 70.8 Å². The van der Waals surface area contributed by atoms with Crippen molar-refractivity contribution in [2.24, 2.45) is 0 Å². The molecule has 0 aromatic heterocycles. The van der Waals surface area contributed by atoms with Gasteiger partial charge in [0.15, 0.2) is 0 Å². The predicted molar refractivity (Wildman–Crippen MR) is 134 cm³/mol. The number of nitrogens with one attached hydrogen (secondary N) is 2. The van der Waals surface area contributed by atoms with Crippen LogP contribution in [0.5, 0.6) is 0 Å². The number of benzene rings is 2. The summed E-state index contributed by atoms with van der Waals surface area (Å²) >= 11 is 0. The lowest BCUT2D eigenvalue weighted by Crippen LogP contribution is -2.30. The third kappa shape index (κ3) is 6.54. The molecule has 1 saturated heterocycles. The fraction of sp³-hybridized carbons (Fsp3) is 0.407. The van der Waals surface area contributed by atoms with Gasteiger partial charge in [-0.2, -0.15) is 0 Å². The van der Waals surface area contributed by atoms with Gasteiger partial charge in [-0.25, -0.2) is 0 Å². The second-order valence-corrected chi connectivity index (χ2v) is 7.55. The first-order valence-corrected chi connectivity index (χ1v) is 11.7. The molecule has 0 saturated carbocycles. The lowest BCUT2D eigenvalue weighted by atomic mass is 9.88. The second kappa shape index (κ2) is 12.8. The van der Waals surface area contributed by atoms with Crippen LogP contribution in [0, 0.1) is 0 Å². The number of anilines is 1. The number of rotatable bonds is 6. The Labute approximate surface area is 192 Å². The van der Waals surface area contributed by atoms with Crippen LogP contribution in [0.2, 0.25) is 0 Å². The van der Waals surface area contributed by atoms with Gasteiger partial charge in [-0.1, -0.05) is 43.7 Å². The van der Waals surface area contributed by atoms with E-state index in [0.717, 1.165) is 42.7 Å². The highest BCUT2D eigenvalue weighted by Crippen LogP contribution is 2.32. The monoisotopic (exact) mass is 435 g/mol. The minimum absolute atomic E-state index is 0.0651. The van der Waals surface area contributed by atoms with E-state index in [1.54, 1.807) is 0 Å². The Morgan fingerprint density at radius 2 is 1.50 bits per heavy atom. The Morgan fingerprint density at radius 3 is 2.06 bits per heavy atom. The molecule has 0 radical (unpaired) electrons. The zero-order valence-electron chi connectivity index (χ0n) is 20.1. The molecular formula is C27H37N3O2. The van der Waals surface area contributed by atoms with Crippen molar-refractivity contribution < 1.29 is 9.59 Å². The van der Waals surface area contributed by atoms with E-state index in [1.165, 1.54) is 18.1 Å². The van der Waals surface area contributed by atoms with Gasteiger partial charge in [0, 0.05) is 31.3 Å². The fourth-order valence-corrected chi connectivity index (χ4v) is 3.98. The summed E-state index contributed by atoms with van der Waals surface area (Å²) in [6, 6.07) is 15.9. The largest absolute Gasteiger partial charge is 0.339 e. The van der Waals surface area contributed by atoms with Crippen molar-refractivity contribution >= 4 is 23.1 Å². The number of hydrogen-bond acceptors (Lipinski definition) is 3. The van der Waals surface area contributed by atoms with E-state index >= 15 is 0 Å². The quantitative estimate of drug-likeness (QED) is 0.644. The summed E-state index contributed by atoms with van der Waals surface area (Å²) in [6.45, 7) is 12.8. The Morgan fingerprint density at radius 1 is 0.906 bits per heavy atom. The predicted octanol–water partition coefficient (Wildman–Crippen LogP) is 5.34. The summed E-state index contributed by atoms with van der Waals surface area (Å²) in [6.07, 6.45) is 1.97. The van der Waals surface area contributed by atoms with Crippen molar-refractivity contribution in [1.29, 1.82) is 0 Å². The molecule has 0 aliphatic carbocycles. The Bertz CT molecular complexity index is 920. The summed E-state index contributed by atoms with van der Waals surface area (Å²) in [5.41, 5.74) is 6.29. The summed E-state index contributed by atoms with van der Waals surface area (Å²) in [5, 5.41) is 6.30. The zero-order chi connectivity index (χ0) is 23.5. The van der Waals surface area contributed by atoms with Gasteiger partial charge in [0.05, 0.1) is 0 Å². The van der Waals surface area contributed by atoms with Crippen LogP contribution in [0.25, 0.3) is 5.57 Å². The SMILES string of the molecule is CC.CCN(CC)C(=O)c1ccc(C(=C2CCNCC2)c2cccc(NC(C)=O)c2)cc1. The van der Waals surface area contributed by atoms with Crippen molar-refractivity contribution in [2.75, 3.05) is 31.5 Å². The molecule has 0 bridgehead atoms. The highest BCUT2D eigenvalue weighted by Gasteiger charge is 2.17. The van der Waals surface area contributed by atoms with Crippen LogP contribution in [0.4, 0.5) is 5.69 Å². The first-order valence-electron chi connectivity index (χ1n) is 11.7. The van der Waals surface area contributed by atoms with E-state index < -0.39 is 0 Å². The van der Waals surface area contributed by atoms with Crippen LogP contribution in [-0.2, 0) is 4.79 Å². The maximum absolute atomic E-state index is 12.7. The van der Waals surface area contributed by atoms with Gasteiger partial charge in [-0.05, 0) is 80.7 Å². The van der Waals surface area contributed by atoms with Crippen molar-refractivity contribution in [1.82, 2.24) is 10.2 Å². The molecule has 172 valence electrons. The lowest BCUT2D eigenvalue weighted by Gasteiger charge is -2.22. The zero-order valence-corrected chi connectivity index (χ0v) is 20.1. The lowest BCUT2D eigenvalue weighted by molar-refractivity contribution is -0.114. The Balaban J connectivity index is 0.00000176. The van der Waals surface area contributed by atoms with E-state index in [9.17, 15) is 9.59 Å². The van der Waals surface area contributed by atoms with E-state index in [2.05, 4.69) is 16.7 Å². The average molecular weight is 436 g/mol. The van der Waals surface area contributed by atoms with Crippen molar-refractivity contribution in [3.63, 3.8) is 0 Å². The van der Waals surface area contributed by atoms with Crippen LogP contribution in [0.3, 0.4) is 0 Å². The number of carbonyl (C=O) groups excluding carboxylic acids is 2. The van der Waals surface area contributed by atoms with E-state index in [-0.39, 0.29) is 11.8 Å². The van der Waals surface area contributed by atoms with E-state index in [1.807, 2.05) is 75.1 Å². The van der Waals surface area contributed by atoms with Gasteiger partial charge < -0.3 is 15.5 Å².